The van der Waals surface area contributed by atoms with Crippen molar-refractivity contribution in [3.05, 3.63) is 81.0 Å². The Morgan fingerprint density at radius 1 is 1.23 bits per heavy atom. The summed E-state index contributed by atoms with van der Waals surface area (Å²) in [5.41, 5.74) is 2.31. The molecule has 1 aliphatic heterocycles. The van der Waals surface area contributed by atoms with Crippen molar-refractivity contribution < 1.29 is 4.39 Å². The molecular weight excluding hydrogens is 389 g/mol. The lowest BCUT2D eigenvalue weighted by Gasteiger charge is -2.27. The summed E-state index contributed by atoms with van der Waals surface area (Å²) < 4.78 is 14.5. The molecule has 132 valence electrons. The first-order valence-corrected chi connectivity index (χ1v) is 9.67. The number of rotatable bonds is 3. The molecule has 1 aromatic carbocycles. The summed E-state index contributed by atoms with van der Waals surface area (Å²) in [6, 6.07) is 14.5. The van der Waals surface area contributed by atoms with Crippen molar-refractivity contribution in [3.63, 3.8) is 0 Å². The van der Waals surface area contributed by atoms with Gasteiger partial charge in [-0.05, 0) is 67.2 Å². The number of anilines is 1. The fourth-order valence-corrected chi connectivity index (χ4v) is 4.72. The summed E-state index contributed by atoms with van der Waals surface area (Å²) in [5.74, 6) is -0.233. The number of hydrogen-bond donors (Lipinski definition) is 1. The highest BCUT2D eigenvalue weighted by molar-refractivity contribution is 7.80. The van der Waals surface area contributed by atoms with E-state index in [-0.39, 0.29) is 17.9 Å². The molecular formula is C19H15ClFN3S2. The smallest absolute Gasteiger partial charge is 0.174 e. The lowest BCUT2D eigenvalue weighted by Crippen LogP contribution is -2.29. The molecule has 0 bridgehead atoms. The first-order chi connectivity index (χ1) is 12.5. The minimum atomic E-state index is -0.233. The highest BCUT2D eigenvalue weighted by atomic mass is 35.5. The van der Waals surface area contributed by atoms with E-state index in [0.29, 0.717) is 15.0 Å². The molecule has 4 rings (SSSR count). The molecule has 3 nitrogen and oxygen atoms in total. The number of halogens is 2. The summed E-state index contributed by atoms with van der Waals surface area (Å²) in [6.45, 7) is 1.75. The molecule has 1 N–H and O–H groups in total. The molecule has 1 aliphatic rings. The Labute approximate surface area is 165 Å². The molecule has 3 heterocycles. The van der Waals surface area contributed by atoms with Crippen molar-refractivity contribution in [1.82, 2.24) is 10.3 Å². The first-order valence-electron chi connectivity index (χ1n) is 8.06. The lowest BCUT2D eigenvalue weighted by molar-refractivity contribution is 0.574. The van der Waals surface area contributed by atoms with Gasteiger partial charge < -0.3 is 10.2 Å². The third kappa shape index (κ3) is 3.09. The van der Waals surface area contributed by atoms with Crippen molar-refractivity contribution in [2.75, 3.05) is 4.90 Å². The SMILES string of the molecule is Cc1cc(N2C(=S)N[C@H](c3ccccn3)[C@H]2c2ccc(Cl)s2)ccc1F. The summed E-state index contributed by atoms with van der Waals surface area (Å²) in [7, 11) is 0. The molecule has 1 saturated heterocycles. The second-order valence-electron chi connectivity index (χ2n) is 6.07. The zero-order valence-corrected chi connectivity index (χ0v) is 16.2. The van der Waals surface area contributed by atoms with Crippen LogP contribution in [-0.2, 0) is 0 Å². The van der Waals surface area contributed by atoms with Crippen LogP contribution >= 0.6 is 35.2 Å². The van der Waals surface area contributed by atoms with Crippen LogP contribution in [0.25, 0.3) is 0 Å². The van der Waals surface area contributed by atoms with Crippen LogP contribution in [0.2, 0.25) is 4.34 Å². The zero-order chi connectivity index (χ0) is 18.3. The van der Waals surface area contributed by atoms with Gasteiger partial charge in [0, 0.05) is 16.8 Å². The fraction of sp³-hybridized carbons (Fsp3) is 0.158. The average molecular weight is 404 g/mol. The number of nitrogens with one attached hydrogen (secondary N) is 1. The van der Waals surface area contributed by atoms with Crippen molar-refractivity contribution in [3.8, 4) is 0 Å². The number of nitrogens with zero attached hydrogens (tertiary/aromatic N) is 2. The van der Waals surface area contributed by atoms with Gasteiger partial charge in [-0.25, -0.2) is 4.39 Å². The third-order valence-electron chi connectivity index (χ3n) is 4.40. The lowest BCUT2D eigenvalue weighted by atomic mass is 10.0. The number of aryl methyl sites for hydroxylation is 1. The Bertz CT molecular complexity index is 960. The van der Waals surface area contributed by atoms with Gasteiger partial charge in [0.2, 0.25) is 0 Å². The molecule has 0 aliphatic carbocycles. The van der Waals surface area contributed by atoms with Crippen LogP contribution in [0.1, 0.15) is 28.2 Å². The molecule has 2 atom stereocenters. The molecule has 7 heteroatoms. The van der Waals surface area contributed by atoms with E-state index < -0.39 is 0 Å². The van der Waals surface area contributed by atoms with Crippen LogP contribution in [0.4, 0.5) is 10.1 Å². The van der Waals surface area contributed by atoms with Crippen LogP contribution in [0.15, 0.2) is 54.7 Å². The van der Waals surface area contributed by atoms with Gasteiger partial charge in [0.1, 0.15) is 5.82 Å². The molecule has 0 radical (unpaired) electrons. The molecule has 0 amide bonds. The van der Waals surface area contributed by atoms with Crippen molar-refractivity contribution in [2.45, 2.75) is 19.0 Å². The van der Waals surface area contributed by atoms with Crippen LogP contribution in [0.5, 0.6) is 0 Å². The van der Waals surface area contributed by atoms with Gasteiger partial charge in [-0.2, -0.15) is 0 Å². The molecule has 0 spiro atoms. The van der Waals surface area contributed by atoms with E-state index in [0.717, 1.165) is 16.3 Å². The highest BCUT2D eigenvalue weighted by Gasteiger charge is 2.41. The van der Waals surface area contributed by atoms with Gasteiger partial charge in [-0.15, -0.1) is 11.3 Å². The second kappa shape index (κ2) is 6.95. The number of pyridine rings is 1. The number of benzene rings is 1. The van der Waals surface area contributed by atoms with E-state index in [2.05, 4.69) is 10.3 Å². The fourth-order valence-electron chi connectivity index (χ4n) is 3.19. The van der Waals surface area contributed by atoms with E-state index in [4.69, 9.17) is 23.8 Å². The van der Waals surface area contributed by atoms with Gasteiger partial charge in [0.05, 0.1) is 22.1 Å². The maximum atomic E-state index is 13.8. The molecule has 2 aromatic heterocycles. The predicted octanol–water partition coefficient (Wildman–Crippen LogP) is 5.42. The molecule has 3 aromatic rings. The van der Waals surface area contributed by atoms with Crippen LogP contribution < -0.4 is 10.2 Å². The monoisotopic (exact) mass is 403 g/mol. The Hall–Kier alpha value is -2.02. The van der Waals surface area contributed by atoms with Gasteiger partial charge in [-0.1, -0.05) is 17.7 Å². The van der Waals surface area contributed by atoms with Crippen LogP contribution in [0, 0.1) is 12.7 Å². The maximum Gasteiger partial charge on any atom is 0.174 e. The summed E-state index contributed by atoms with van der Waals surface area (Å²) in [6.07, 6.45) is 1.77. The number of thiophene rings is 1. The highest BCUT2D eigenvalue weighted by Crippen LogP contribution is 2.44. The van der Waals surface area contributed by atoms with Gasteiger partial charge in [0.15, 0.2) is 5.11 Å². The Kier molecular flexibility index (Phi) is 4.65. The summed E-state index contributed by atoms with van der Waals surface area (Å²) >= 11 is 13.3. The molecule has 0 unspecified atom stereocenters. The van der Waals surface area contributed by atoms with Crippen molar-refractivity contribution in [1.29, 1.82) is 0 Å². The maximum absolute atomic E-state index is 13.8. The predicted molar refractivity (Wildman–Crippen MR) is 108 cm³/mol. The zero-order valence-electron chi connectivity index (χ0n) is 13.8. The summed E-state index contributed by atoms with van der Waals surface area (Å²) in [4.78, 5) is 7.59. The van der Waals surface area contributed by atoms with E-state index in [1.54, 1.807) is 19.2 Å². The Balaban J connectivity index is 1.83. The molecule has 26 heavy (non-hydrogen) atoms. The average Bonchev–Trinajstić information content (AvgIpc) is 3.21. The number of hydrogen-bond acceptors (Lipinski definition) is 3. The van der Waals surface area contributed by atoms with E-state index in [1.165, 1.54) is 17.4 Å². The standard InChI is InChI=1S/C19H15ClFN3S2/c1-11-10-12(5-6-13(11)21)24-18(15-7-8-16(20)26-15)17(23-19(24)25)14-4-2-3-9-22-14/h2-10,17-18H,1H3,(H,23,25)/t17-,18-/m1/s1. The van der Waals surface area contributed by atoms with Gasteiger partial charge >= 0.3 is 0 Å². The third-order valence-corrected chi connectivity index (χ3v) is 6.02. The van der Waals surface area contributed by atoms with Gasteiger partial charge in [0.25, 0.3) is 0 Å². The quantitative estimate of drug-likeness (QED) is 0.591. The largest absolute Gasteiger partial charge is 0.351 e. The first kappa shape index (κ1) is 17.4. The minimum absolute atomic E-state index is 0.111. The van der Waals surface area contributed by atoms with Crippen molar-refractivity contribution >= 4 is 46.0 Å². The Morgan fingerprint density at radius 3 is 2.73 bits per heavy atom. The second-order valence-corrected chi connectivity index (χ2v) is 8.21. The van der Waals surface area contributed by atoms with E-state index in [9.17, 15) is 4.39 Å². The molecule has 0 saturated carbocycles. The number of thiocarbonyl (C=S) groups is 1. The minimum Gasteiger partial charge on any atom is -0.351 e. The van der Waals surface area contributed by atoms with Crippen LogP contribution in [0.3, 0.4) is 0 Å². The summed E-state index contributed by atoms with van der Waals surface area (Å²) in [5, 5.41) is 3.96. The van der Waals surface area contributed by atoms with E-state index >= 15 is 0 Å². The van der Waals surface area contributed by atoms with Crippen molar-refractivity contribution in [2.24, 2.45) is 0 Å². The molecule has 1 fully saturated rings. The number of aromatic nitrogens is 1. The van der Waals surface area contributed by atoms with E-state index in [1.807, 2.05) is 41.3 Å². The van der Waals surface area contributed by atoms with Gasteiger partial charge in [-0.3, -0.25) is 4.98 Å². The topological polar surface area (TPSA) is 28.2 Å². The normalized spacial score (nSPS) is 19.7. The Morgan fingerprint density at radius 2 is 2.08 bits per heavy atom. The van der Waals surface area contributed by atoms with Crippen LogP contribution in [-0.4, -0.2) is 10.1 Å².